The zero-order chi connectivity index (χ0) is 19.1. The smallest absolute Gasteiger partial charge is 0.237 e. The lowest BCUT2D eigenvalue weighted by molar-refractivity contribution is -0.123. The predicted octanol–water partition coefficient (Wildman–Crippen LogP) is 2.21. The highest BCUT2D eigenvalue weighted by Gasteiger charge is 2.17. The van der Waals surface area contributed by atoms with Gasteiger partial charge in [-0.1, -0.05) is 48.9 Å². The Morgan fingerprint density at radius 2 is 2.08 bits per heavy atom. The highest BCUT2D eigenvalue weighted by Crippen LogP contribution is 2.20. The molecule has 0 spiro atoms. The van der Waals surface area contributed by atoms with E-state index in [1.165, 1.54) is 11.3 Å². The number of carbonyl (C=O) groups is 2. The first kappa shape index (κ1) is 20.3. The van der Waals surface area contributed by atoms with Crippen LogP contribution in [0.3, 0.4) is 0 Å². The van der Waals surface area contributed by atoms with Crippen molar-refractivity contribution in [3.8, 4) is 0 Å². The summed E-state index contributed by atoms with van der Waals surface area (Å²) in [5, 5.41) is 15.2. The third kappa shape index (κ3) is 6.36. The van der Waals surface area contributed by atoms with Gasteiger partial charge < -0.3 is 16.4 Å². The number of nitrogens with one attached hydrogen (secondary N) is 2. The SMILES string of the molecule is CC(C)C(N)C(=O)NCCC(=O)Nc1nnc(Cc2cccc(Cl)c2)s1. The third-order valence-electron chi connectivity index (χ3n) is 3.63. The van der Waals surface area contributed by atoms with Crippen LogP contribution in [0.5, 0.6) is 0 Å². The Morgan fingerprint density at radius 1 is 1.31 bits per heavy atom. The number of benzene rings is 1. The lowest BCUT2D eigenvalue weighted by atomic mass is 10.1. The van der Waals surface area contributed by atoms with Crippen LogP contribution in [0.1, 0.15) is 30.8 Å². The summed E-state index contributed by atoms with van der Waals surface area (Å²) in [5.41, 5.74) is 6.76. The molecule has 2 aromatic rings. The van der Waals surface area contributed by atoms with Crippen molar-refractivity contribution in [3.05, 3.63) is 39.9 Å². The number of aromatic nitrogens is 2. The number of anilines is 1. The van der Waals surface area contributed by atoms with E-state index >= 15 is 0 Å². The minimum absolute atomic E-state index is 0.0446. The summed E-state index contributed by atoms with van der Waals surface area (Å²) >= 11 is 7.27. The number of hydrogen-bond acceptors (Lipinski definition) is 6. The van der Waals surface area contributed by atoms with Crippen molar-refractivity contribution in [2.75, 3.05) is 11.9 Å². The molecule has 1 aromatic carbocycles. The Morgan fingerprint density at radius 3 is 2.77 bits per heavy atom. The van der Waals surface area contributed by atoms with Crippen molar-refractivity contribution >= 4 is 39.9 Å². The Labute approximate surface area is 161 Å². The molecule has 9 heteroatoms. The van der Waals surface area contributed by atoms with Crippen LogP contribution in [0.15, 0.2) is 24.3 Å². The molecular weight excluding hydrogens is 374 g/mol. The largest absolute Gasteiger partial charge is 0.354 e. The molecule has 1 unspecified atom stereocenters. The van der Waals surface area contributed by atoms with Gasteiger partial charge in [-0.2, -0.15) is 0 Å². The van der Waals surface area contributed by atoms with E-state index in [1.807, 2.05) is 38.1 Å². The fourth-order valence-corrected chi connectivity index (χ4v) is 3.10. The van der Waals surface area contributed by atoms with Gasteiger partial charge in [-0.15, -0.1) is 10.2 Å². The van der Waals surface area contributed by atoms with Gasteiger partial charge in [0.15, 0.2) is 0 Å². The minimum Gasteiger partial charge on any atom is -0.354 e. The van der Waals surface area contributed by atoms with Crippen molar-refractivity contribution in [2.45, 2.75) is 32.7 Å². The zero-order valence-electron chi connectivity index (χ0n) is 14.7. The van der Waals surface area contributed by atoms with Gasteiger partial charge in [0, 0.05) is 24.4 Å². The molecule has 7 nitrogen and oxygen atoms in total. The van der Waals surface area contributed by atoms with E-state index in [9.17, 15) is 9.59 Å². The first-order chi connectivity index (χ1) is 12.3. The molecule has 2 rings (SSSR count). The van der Waals surface area contributed by atoms with Crippen molar-refractivity contribution < 1.29 is 9.59 Å². The number of rotatable bonds is 8. The Hall–Kier alpha value is -2.03. The molecular formula is C17H22ClN5O2S. The molecule has 0 aliphatic carbocycles. The number of nitrogens with zero attached hydrogens (tertiary/aromatic N) is 2. The van der Waals surface area contributed by atoms with Crippen LogP contribution in [-0.4, -0.2) is 34.6 Å². The summed E-state index contributed by atoms with van der Waals surface area (Å²) in [4.78, 5) is 23.7. The maximum atomic E-state index is 11.9. The van der Waals surface area contributed by atoms with Gasteiger partial charge in [0.25, 0.3) is 0 Å². The monoisotopic (exact) mass is 395 g/mol. The van der Waals surface area contributed by atoms with Gasteiger partial charge in [-0.25, -0.2) is 0 Å². The van der Waals surface area contributed by atoms with Gasteiger partial charge in [-0.05, 0) is 23.6 Å². The summed E-state index contributed by atoms with van der Waals surface area (Å²) in [5.74, 6) is -0.454. The zero-order valence-corrected chi connectivity index (χ0v) is 16.2. The molecule has 1 aromatic heterocycles. The van der Waals surface area contributed by atoms with Gasteiger partial charge in [0.05, 0.1) is 6.04 Å². The van der Waals surface area contributed by atoms with E-state index in [-0.39, 0.29) is 30.7 Å². The Balaban J connectivity index is 1.77. The summed E-state index contributed by atoms with van der Waals surface area (Å²) in [6, 6.07) is 6.93. The second kappa shape index (κ2) is 9.61. The molecule has 0 radical (unpaired) electrons. The maximum Gasteiger partial charge on any atom is 0.237 e. The van der Waals surface area contributed by atoms with E-state index in [1.54, 1.807) is 0 Å². The van der Waals surface area contributed by atoms with Crippen molar-refractivity contribution in [3.63, 3.8) is 0 Å². The van der Waals surface area contributed by atoms with Crippen molar-refractivity contribution in [1.29, 1.82) is 0 Å². The van der Waals surface area contributed by atoms with Crippen LogP contribution in [-0.2, 0) is 16.0 Å². The topological polar surface area (TPSA) is 110 Å². The van der Waals surface area contributed by atoms with Crippen LogP contribution < -0.4 is 16.4 Å². The number of nitrogens with two attached hydrogens (primary N) is 1. The summed E-state index contributed by atoms with van der Waals surface area (Å²) in [6.45, 7) is 3.96. The van der Waals surface area contributed by atoms with Crippen LogP contribution in [0.25, 0.3) is 0 Å². The molecule has 140 valence electrons. The lowest BCUT2D eigenvalue weighted by Crippen LogP contribution is -2.44. The molecule has 0 bridgehead atoms. The summed E-state index contributed by atoms with van der Waals surface area (Å²) < 4.78 is 0. The predicted molar refractivity (Wildman–Crippen MR) is 103 cm³/mol. The molecule has 1 atom stereocenters. The third-order valence-corrected chi connectivity index (χ3v) is 4.70. The van der Waals surface area contributed by atoms with Crippen LogP contribution in [0.2, 0.25) is 5.02 Å². The molecule has 0 saturated heterocycles. The minimum atomic E-state index is -0.574. The average Bonchev–Trinajstić information content (AvgIpc) is 3.00. The van der Waals surface area contributed by atoms with E-state index < -0.39 is 6.04 Å². The maximum absolute atomic E-state index is 11.9. The molecule has 4 N–H and O–H groups in total. The normalized spacial score (nSPS) is 12.0. The molecule has 1 heterocycles. The molecule has 26 heavy (non-hydrogen) atoms. The quantitative estimate of drug-likeness (QED) is 0.634. The van der Waals surface area contributed by atoms with E-state index in [0.717, 1.165) is 10.6 Å². The molecule has 0 aliphatic rings. The van der Waals surface area contributed by atoms with Crippen molar-refractivity contribution in [2.24, 2.45) is 11.7 Å². The Kier molecular flexibility index (Phi) is 7.50. The molecule has 0 aliphatic heterocycles. The first-order valence-corrected chi connectivity index (χ1v) is 9.44. The number of hydrogen-bond donors (Lipinski definition) is 3. The van der Waals surface area contributed by atoms with Gasteiger partial charge in [0.1, 0.15) is 5.01 Å². The van der Waals surface area contributed by atoms with Gasteiger partial charge in [-0.3, -0.25) is 9.59 Å². The highest BCUT2D eigenvalue weighted by molar-refractivity contribution is 7.15. The highest BCUT2D eigenvalue weighted by atomic mass is 35.5. The number of amides is 2. The molecule has 2 amide bonds. The van der Waals surface area contributed by atoms with E-state index in [4.69, 9.17) is 17.3 Å². The first-order valence-electron chi connectivity index (χ1n) is 8.25. The fraction of sp³-hybridized carbons (Fsp3) is 0.412. The van der Waals surface area contributed by atoms with Crippen molar-refractivity contribution in [1.82, 2.24) is 15.5 Å². The number of halogens is 1. The summed E-state index contributed by atoms with van der Waals surface area (Å²) in [6.07, 6.45) is 0.733. The number of carbonyl (C=O) groups excluding carboxylic acids is 2. The standard InChI is InChI=1S/C17H22ClN5O2S/c1-10(2)15(19)16(25)20-7-6-13(24)21-17-23-22-14(26-17)9-11-4-3-5-12(18)8-11/h3-5,8,10,15H,6-7,9,19H2,1-2H3,(H,20,25)(H,21,23,24). The van der Waals surface area contributed by atoms with Gasteiger partial charge >= 0.3 is 0 Å². The van der Waals surface area contributed by atoms with Crippen LogP contribution in [0, 0.1) is 5.92 Å². The molecule has 0 fully saturated rings. The van der Waals surface area contributed by atoms with Crippen LogP contribution >= 0.6 is 22.9 Å². The average molecular weight is 396 g/mol. The van der Waals surface area contributed by atoms with Crippen LogP contribution in [0.4, 0.5) is 5.13 Å². The lowest BCUT2D eigenvalue weighted by Gasteiger charge is -2.14. The van der Waals surface area contributed by atoms with E-state index in [0.29, 0.717) is 16.6 Å². The van der Waals surface area contributed by atoms with E-state index in [2.05, 4.69) is 20.8 Å². The molecule has 0 saturated carbocycles. The second-order valence-electron chi connectivity index (χ2n) is 6.17. The summed E-state index contributed by atoms with van der Waals surface area (Å²) in [7, 11) is 0. The Bertz CT molecular complexity index is 765. The fourth-order valence-electron chi connectivity index (χ4n) is 2.10. The second-order valence-corrected chi connectivity index (χ2v) is 7.67. The van der Waals surface area contributed by atoms with Gasteiger partial charge in [0.2, 0.25) is 16.9 Å².